The number of hydrogen-bond acceptors (Lipinski definition) is 6. The maximum absolute atomic E-state index is 12.0. The second-order valence-corrected chi connectivity index (χ2v) is 5.84. The molecule has 1 aliphatic rings. The van der Waals surface area contributed by atoms with Crippen molar-refractivity contribution in [2.24, 2.45) is 5.73 Å². The van der Waals surface area contributed by atoms with Gasteiger partial charge in [0.2, 0.25) is 0 Å². The Morgan fingerprint density at radius 2 is 2.14 bits per heavy atom. The molecule has 1 aromatic rings. The van der Waals surface area contributed by atoms with E-state index in [4.69, 9.17) is 11.5 Å². The number of thiophene rings is 1. The second-order valence-electron chi connectivity index (χ2n) is 4.84. The Balaban J connectivity index is 2.41. The summed E-state index contributed by atoms with van der Waals surface area (Å²) in [6, 6.07) is 0. The minimum Gasteiger partial charge on any atom is -0.397 e. The molecule has 1 fully saturated rings. The van der Waals surface area contributed by atoms with Gasteiger partial charge in [0.1, 0.15) is 9.88 Å². The monoisotopic (exact) mass is 311 g/mol. The molecule has 7 nitrogen and oxygen atoms in total. The number of amides is 2. The summed E-state index contributed by atoms with van der Waals surface area (Å²) in [4.78, 5) is 26.2. The van der Waals surface area contributed by atoms with Crippen LogP contribution in [0.15, 0.2) is 0 Å². The minimum absolute atomic E-state index is 0.186. The van der Waals surface area contributed by atoms with Crippen molar-refractivity contribution >= 4 is 33.8 Å². The summed E-state index contributed by atoms with van der Waals surface area (Å²) in [6.07, 6.45) is 0.965. The van der Waals surface area contributed by atoms with E-state index in [9.17, 15) is 9.59 Å². The van der Waals surface area contributed by atoms with E-state index in [1.165, 1.54) is 11.3 Å². The van der Waals surface area contributed by atoms with Crippen molar-refractivity contribution in [3.8, 4) is 0 Å². The lowest BCUT2D eigenvalue weighted by Crippen LogP contribution is -2.29. The van der Waals surface area contributed by atoms with Crippen LogP contribution >= 0.6 is 11.3 Å². The first kappa shape index (κ1) is 15.6. The predicted molar refractivity (Wildman–Crippen MR) is 85.0 cm³/mol. The fourth-order valence-corrected chi connectivity index (χ4v) is 3.55. The molecule has 0 radical (unpaired) electrons. The standard InChI is InChI=1S/C13H21N5O2S/c1-2-17-12(20)10-9(14)8(11(15)19)13(21-10)18-6-3-4-16-5-7-18/h16H,2-7,14H2,1H3,(H2,15,19)(H,17,20). The molecule has 0 aliphatic carbocycles. The lowest BCUT2D eigenvalue weighted by Gasteiger charge is -2.21. The van der Waals surface area contributed by atoms with Gasteiger partial charge >= 0.3 is 0 Å². The molecule has 0 spiro atoms. The van der Waals surface area contributed by atoms with E-state index >= 15 is 0 Å². The van der Waals surface area contributed by atoms with E-state index in [-0.39, 0.29) is 17.2 Å². The average Bonchev–Trinajstić information content (AvgIpc) is 2.63. The van der Waals surface area contributed by atoms with Crippen molar-refractivity contribution in [2.45, 2.75) is 13.3 Å². The lowest BCUT2D eigenvalue weighted by atomic mass is 10.2. The highest BCUT2D eigenvalue weighted by atomic mass is 32.1. The van der Waals surface area contributed by atoms with E-state index in [2.05, 4.69) is 15.5 Å². The van der Waals surface area contributed by atoms with Gasteiger partial charge in [0.05, 0.1) is 11.3 Å². The molecule has 21 heavy (non-hydrogen) atoms. The molecule has 1 aromatic heterocycles. The number of carbonyl (C=O) groups is 2. The van der Waals surface area contributed by atoms with Crippen LogP contribution in [0.4, 0.5) is 10.7 Å². The molecule has 0 aromatic carbocycles. The summed E-state index contributed by atoms with van der Waals surface area (Å²) < 4.78 is 0. The molecule has 0 bridgehead atoms. The largest absolute Gasteiger partial charge is 0.397 e. The fourth-order valence-electron chi connectivity index (χ4n) is 2.35. The van der Waals surface area contributed by atoms with E-state index in [1.807, 2.05) is 6.92 Å². The smallest absolute Gasteiger partial charge is 0.263 e. The van der Waals surface area contributed by atoms with Crippen LogP contribution < -0.4 is 27.0 Å². The molecule has 0 saturated carbocycles. The number of anilines is 2. The Morgan fingerprint density at radius 3 is 2.81 bits per heavy atom. The summed E-state index contributed by atoms with van der Waals surface area (Å²) in [6.45, 7) is 5.67. The number of nitrogens with zero attached hydrogens (tertiary/aromatic N) is 1. The van der Waals surface area contributed by atoms with Crippen molar-refractivity contribution in [3.63, 3.8) is 0 Å². The van der Waals surface area contributed by atoms with Gasteiger partial charge in [-0.1, -0.05) is 0 Å². The topological polar surface area (TPSA) is 113 Å². The molecule has 0 atom stereocenters. The van der Waals surface area contributed by atoms with Crippen molar-refractivity contribution in [2.75, 3.05) is 43.4 Å². The van der Waals surface area contributed by atoms with Crippen molar-refractivity contribution in [1.29, 1.82) is 0 Å². The van der Waals surface area contributed by atoms with Gasteiger partial charge in [-0.3, -0.25) is 9.59 Å². The Kier molecular flexibility index (Phi) is 5.03. The Hall–Kier alpha value is -1.80. The molecule has 8 heteroatoms. The molecule has 1 saturated heterocycles. The lowest BCUT2D eigenvalue weighted by molar-refractivity contribution is 0.0960. The molecule has 2 amide bonds. The first-order chi connectivity index (χ1) is 10.1. The quantitative estimate of drug-likeness (QED) is 0.624. The summed E-state index contributed by atoms with van der Waals surface area (Å²) in [5.41, 5.74) is 11.9. The van der Waals surface area contributed by atoms with Crippen LogP contribution in [-0.4, -0.2) is 44.5 Å². The summed E-state index contributed by atoms with van der Waals surface area (Å²) in [7, 11) is 0. The van der Waals surface area contributed by atoms with Crippen LogP contribution in [0.5, 0.6) is 0 Å². The summed E-state index contributed by atoms with van der Waals surface area (Å²) >= 11 is 1.24. The Morgan fingerprint density at radius 1 is 1.38 bits per heavy atom. The first-order valence-corrected chi connectivity index (χ1v) is 7.83. The Labute approximate surface area is 127 Å². The predicted octanol–water partition coefficient (Wildman–Crippen LogP) is -0.0214. The highest BCUT2D eigenvalue weighted by Gasteiger charge is 2.27. The molecule has 1 aliphatic heterocycles. The minimum atomic E-state index is -0.591. The molecule has 2 rings (SSSR count). The number of primary amides is 1. The van der Waals surface area contributed by atoms with Crippen molar-refractivity contribution in [1.82, 2.24) is 10.6 Å². The highest BCUT2D eigenvalue weighted by Crippen LogP contribution is 2.38. The van der Waals surface area contributed by atoms with Gasteiger partial charge in [-0.2, -0.15) is 0 Å². The summed E-state index contributed by atoms with van der Waals surface area (Å²) in [5.74, 6) is -0.854. The van der Waals surface area contributed by atoms with Gasteiger partial charge in [-0.15, -0.1) is 11.3 Å². The zero-order valence-corrected chi connectivity index (χ0v) is 12.9. The highest BCUT2D eigenvalue weighted by molar-refractivity contribution is 7.19. The van der Waals surface area contributed by atoms with Crippen LogP contribution in [0, 0.1) is 0 Å². The third kappa shape index (κ3) is 3.27. The van der Waals surface area contributed by atoms with Gasteiger partial charge in [0.25, 0.3) is 11.8 Å². The number of nitrogen functional groups attached to an aromatic ring is 1. The van der Waals surface area contributed by atoms with Crippen LogP contribution in [-0.2, 0) is 0 Å². The molecular weight excluding hydrogens is 290 g/mol. The molecule has 116 valence electrons. The number of carbonyl (C=O) groups excluding carboxylic acids is 2. The number of nitrogens with two attached hydrogens (primary N) is 2. The molecular formula is C13H21N5O2S. The van der Waals surface area contributed by atoms with Gasteiger partial charge < -0.3 is 27.0 Å². The van der Waals surface area contributed by atoms with Crippen LogP contribution in [0.3, 0.4) is 0 Å². The molecule has 2 heterocycles. The maximum atomic E-state index is 12.0. The average molecular weight is 311 g/mol. The van der Waals surface area contributed by atoms with E-state index < -0.39 is 5.91 Å². The van der Waals surface area contributed by atoms with Gasteiger partial charge in [0.15, 0.2) is 0 Å². The van der Waals surface area contributed by atoms with E-state index in [0.717, 1.165) is 32.6 Å². The number of rotatable bonds is 4. The normalized spacial score (nSPS) is 15.6. The van der Waals surface area contributed by atoms with Crippen LogP contribution in [0.1, 0.15) is 33.4 Å². The fraction of sp³-hybridized carbons (Fsp3) is 0.538. The number of hydrogen-bond donors (Lipinski definition) is 4. The summed E-state index contributed by atoms with van der Waals surface area (Å²) in [5, 5.41) is 6.70. The van der Waals surface area contributed by atoms with Crippen molar-refractivity contribution < 1.29 is 9.59 Å². The van der Waals surface area contributed by atoms with Gasteiger partial charge in [-0.05, 0) is 19.9 Å². The van der Waals surface area contributed by atoms with Gasteiger partial charge in [0, 0.05) is 26.2 Å². The second kappa shape index (κ2) is 6.77. The molecule has 6 N–H and O–H groups in total. The van der Waals surface area contributed by atoms with Crippen LogP contribution in [0.25, 0.3) is 0 Å². The van der Waals surface area contributed by atoms with Crippen molar-refractivity contribution in [3.05, 3.63) is 10.4 Å². The van der Waals surface area contributed by atoms with E-state index in [1.54, 1.807) is 0 Å². The van der Waals surface area contributed by atoms with Crippen LogP contribution in [0.2, 0.25) is 0 Å². The van der Waals surface area contributed by atoms with Gasteiger partial charge in [-0.25, -0.2) is 0 Å². The third-order valence-corrected chi connectivity index (χ3v) is 4.61. The first-order valence-electron chi connectivity index (χ1n) is 7.02. The van der Waals surface area contributed by atoms with E-state index in [0.29, 0.717) is 16.4 Å². The maximum Gasteiger partial charge on any atom is 0.263 e. The third-order valence-electron chi connectivity index (χ3n) is 3.34. The number of nitrogens with one attached hydrogen (secondary N) is 2. The SMILES string of the molecule is CCNC(=O)c1sc(N2CCCNCC2)c(C(N)=O)c1N. The Bertz CT molecular complexity index is 535. The zero-order valence-electron chi connectivity index (χ0n) is 12.1. The zero-order chi connectivity index (χ0) is 15.4. The molecule has 0 unspecified atom stereocenters.